The van der Waals surface area contributed by atoms with Crippen molar-refractivity contribution in [3.63, 3.8) is 0 Å². The molecule has 98 valence electrons. The van der Waals surface area contributed by atoms with Crippen LogP contribution in [-0.2, 0) is 13.2 Å². The second-order valence-corrected chi connectivity index (χ2v) is 3.58. The van der Waals surface area contributed by atoms with Crippen LogP contribution in [0.1, 0.15) is 11.1 Å². The lowest BCUT2D eigenvalue weighted by Crippen LogP contribution is -2.03. The van der Waals surface area contributed by atoms with E-state index in [0.29, 0.717) is 35.8 Å². The van der Waals surface area contributed by atoms with Crippen molar-refractivity contribution >= 4 is 0 Å². The summed E-state index contributed by atoms with van der Waals surface area (Å²) in [5.41, 5.74) is 1.21. The number of benzene rings is 1. The third-order valence-corrected chi connectivity index (χ3v) is 2.30. The van der Waals surface area contributed by atoms with Crippen molar-refractivity contribution in [3.8, 4) is 11.5 Å². The van der Waals surface area contributed by atoms with Crippen LogP contribution in [0.15, 0.2) is 37.4 Å². The number of hydrogen-bond donors (Lipinski definition) is 2. The minimum Gasteiger partial charge on any atom is -0.489 e. The quantitative estimate of drug-likeness (QED) is 0.691. The van der Waals surface area contributed by atoms with E-state index in [9.17, 15) is 10.2 Å². The topological polar surface area (TPSA) is 58.9 Å². The summed E-state index contributed by atoms with van der Waals surface area (Å²) in [5.74, 6) is 1.04. The van der Waals surface area contributed by atoms with E-state index in [1.165, 1.54) is 0 Å². The average molecular weight is 250 g/mol. The summed E-state index contributed by atoms with van der Waals surface area (Å²) in [5, 5.41) is 18.5. The molecule has 4 heteroatoms. The average Bonchev–Trinajstić information content (AvgIpc) is 2.42. The van der Waals surface area contributed by atoms with Crippen molar-refractivity contribution in [2.24, 2.45) is 0 Å². The number of aliphatic hydroxyl groups excluding tert-OH is 2. The molecule has 1 aromatic rings. The molecule has 0 bridgehead atoms. The molecule has 0 fully saturated rings. The van der Waals surface area contributed by atoms with Crippen molar-refractivity contribution in [2.45, 2.75) is 13.2 Å². The van der Waals surface area contributed by atoms with Crippen molar-refractivity contribution in [3.05, 3.63) is 48.6 Å². The molecular weight excluding hydrogens is 232 g/mol. The van der Waals surface area contributed by atoms with Crippen LogP contribution in [0.2, 0.25) is 0 Å². The first kappa shape index (κ1) is 14.3. The molecule has 0 aliphatic carbocycles. The molecule has 1 aromatic carbocycles. The minimum atomic E-state index is -0.165. The molecule has 0 radical (unpaired) electrons. The van der Waals surface area contributed by atoms with Gasteiger partial charge in [-0.2, -0.15) is 0 Å². The number of rotatable bonds is 8. The van der Waals surface area contributed by atoms with Crippen LogP contribution in [0.25, 0.3) is 0 Å². The Balaban J connectivity index is 3.06. The van der Waals surface area contributed by atoms with Gasteiger partial charge in [0.15, 0.2) is 0 Å². The summed E-state index contributed by atoms with van der Waals surface area (Å²) in [6.07, 6.45) is 3.23. The zero-order chi connectivity index (χ0) is 13.4. The van der Waals surface area contributed by atoms with Crippen molar-refractivity contribution in [1.29, 1.82) is 0 Å². The molecule has 0 heterocycles. The number of ether oxygens (including phenoxy) is 2. The van der Waals surface area contributed by atoms with Gasteiger partial charge in [-0.1, -0.05) is 25.3 Å². The highest BCUT2D eigenvalue weighted by Gasteiger charge is 2.11. The molecule has 0 unspecified atom stereocenters. The molecule has 0 spiro atoms. The Hall–Kier alpha value is -1.78. The maximum atomic E-state index is 9.26. The zero-order valence-electron chi connectivity index (χ0n) is 10.3. The standard InChI is InChI=1S/C14H18O4/c1-3-5-17-13-8-14(18-6-4-2)12(10-16)7-11(13)9-15/h3-4,7-8,15-16H,1-2,5-6,9-10H2. The van der Waals surface area contributed by atoms with Crippen LogP contribution in [-0.4, -0.2) is 23.4 Å². The van der Waals surface area contributed by atoms with Gasteiger partial charge >= 0.3 is 0 Å². The molecule has 0 aromatic heterocycles. The van der Waals surface area contributed by atoms with E-state index in [-0.39, 0.29) is 13.2 Å². The summed E-state index contributed by atoms with van der Waals surface area (Å²) in [4.78, 5) is 0. The second kappa shape index (κ2) is 7.53. The predicted molar refractivity (Wildman–Crippen MR) is 69.7 cm³/mol. The molecular formula is C14H18O4. The van der Waals surface area contributed by atoms with E-state index in [4.69, 9.17) is 9.47 Å². The molecule has 4 nitrogen and oxygen atoms in total. The van der Waals surface area contributed by atoms with Gasteiger partial charge in [0, 0.05) is 17.2 Å². The van der Waals surface area contributed by atoms with Crippen molar-refractivity contribution in [2.75, 3.05) is 13.2 Å². The van der Waals surface area contributed by atoms with Crippen LogP contribution in [0.4, 0.5) is 0 Å². The lowest BCUT2D eigenvalue weighted by atomic mass is 10.1. The van der Waals surface area contributed by atoms with Gasteiger partial charge in [0.1, 0.15) is 24.7 Å². The Morgan fingerprint density at radius 1 is 0.889 bits per heavy atom. The number of aliphatic hydroxyl groups is 2. The first-order chi connectivity index (χ1) is 8.76. The van der Waals surface area contributed by atoms with E-state index in [2.05, 4.69) is 13.2 Å². The highest BCUT2D eigenvalue weighted by Crippen LogP contribution is 2.29. The highest BCUT2D eigenvalue weighted by molar-refractivity contribution is 5.46. The molecule has 0 saturated heterocycles. The maximum absolute atomic E-state index is 9.26. The molecule has 2 N–H and O–H groups in total. The van der Waals surface area contributed by atoms with Gasteiger partial charge in [0.25, 0.3) is 0 Å². The van der Waals surface area contributed by atoms with Crippen LogP contribution in [0.3, 0.4) is 0 Å². The molecule has 0 atom stereocenters. The van der Waals surface area contributed by atoms with Crippen LogP contribution < -0.4 is 9.47 Å². The van der Waals surface area contributed by atoms with Gasteiger partial charge in [0.2, 0.25) is 0 Å². The van der Waals surface area contributed by atoms with E-state index in [0.717, 1.165) is 0 Å². The van der Waals surface area contributed by atoms with E-state index in [1.54, 1.807) is 24.3 Å². The molecule has 0 saturated carbocycles. The summed E-state index contributed by atoms with van der Waals surface area (Å²) in [7, 11) is 0. The maximum Gasteiger partial charge on any atom is 0.129 e. The predicted octanol–water partition coefficient (Wildman–Crippen LogP) is 1.80. The monoisotopic (exact) mass is 250 g/mol. The molecule has 18 heavy (non-hydrogen) atoms. The van der Waals surface area contributed by atoms with Gasteiger partial charge in [-0.15, -0.1) is 0 Å². The Morgan fingerprint density at radius 3 is 1.67 bits per heavy atom. The fourth-order valence-corrected chi connectivity index (χ4v) is 1.47. The molecule has 0 aliphatic heterocycles. The summed E-state index contributed by atoms with van der Waals surface area (Å²) < 4.78 is 10.9. The van der Waals surface area contributed by atoms with Gasteiger partial charge in [0.05, 0.1) is 13.2 Å². The summed E-state index contributed by atoms with van der Waals surface area (Å²) in [6.45, 7) is 7.48. The SMILES string of the molecule is C=CCOc1cc(OCC=C)c(CO)cc1CO. The van der Waals surface area contributed by atoms with Crippen LogP contribution >= 0.6 is 0 Å². The fraction of sp³-hybridized carbons (Fsp3) is 0.286. The van der Waals surface area contributed by atoms with E-state index >= 15 is 0 Å². The minimum absolute atomic E-state index is 0.165. The third kappa shape index (κ3) is 3.61. The Bertz CT molecular complexity index is 377. The molecule has 0 amide bonds. The smallest absolute Gasteiger partial charge is 0.129 e. The fourth-order valence-electron chi connectivity index (χ4n) is 1.47. The summed E-state index contributed by atoms with van der Waals surface area (Å²) >= 11 is 0. The van der Waals surface area contributed by atoms with E-state index in [1.807, 2.05) is 0 Å². The molecule has 1 rings (SSSR count). The Labute approximate surface area is 107 Å². The van der Waals surface area contributed by atoms with Crippen molar-refractivity contribution < 1.29 is 19.7 Å². The first-order valence-corrected chi connectivity index (χ1v) is 5.61. The summed E-state index contributed by atoms with van der Waals surface area (Å²) in [6, 6.07) is 3.32. The Morgan fingerprint density at radius 2 is 1.33 bits per heavy atom. The zero-order valence-corrected chi connectivity index (χ0v) is 10.3. The van der Waals surface area contributed by atoms with Gasteiger partial charge in [-0.25, -0.2) is 0 Å². The Kier molecular flexibility index (Phi) is 5.97. The van der Waals surface area contributed by atoms with E-state index < -0.39 is 0 Å². The van der Waals surface area contributed by atoms with Crippen LogP contribution in [0, 0.1) is 0 Å². The first-order valence-electron chi connectivity index (χ1n) is 5.61. The highest BCUT2D eigenvalue weighted by atomic mass is 16.5. The van der Waals surface area contributed by atoms with Gasteiger partial charge < -0.3 is 19.7 Å². The lowest BCUT2D eigenvalue weighted by Gasteiger charge is -2.14. The largest absolute Gasteiger partial charge is 0.489 e. The normalized spacial score (nSPS) is 9.89. The number of hydrogen-bond acceptors (Lipinski definition) is 4. The third-order valence-electron chi connectivity index (χ3n) is 2.30. The molecule has 0 aliphatic rings. The lowest BCUT2D eigenvalue weighted by molar-refractivity contribution is 0.259. The second-order valence-electron chi connectivity index (χ2n) is 3.58. The van der Waals surface area contributed by atoms with Gasteiger partial charge in [-0.05, 0) is 6.07 Å². The van der Waals surface area contributed by atoms with Crippen molar-refractivity contribution in [1.82, 2.24) is 0 Å². The van der Waals surface area contributed by atoms with Crippen LogP contribution in [0.5, 0.6) is 11.5 Å². The van der Waals surface area contributed by atoms with Gasteiger partial charge in [-0.3, -0.25) is 0 Å².